The molecule has 0 radical (unpaired) electrons. The molecule has 1 aliphatic heterocycles. The van der Waals surface area contributed by atoms with E-state index in [0.29, 0.717) is 38.9 Å². The molecule has 156 valence electrons. The predicted molar refractivity (Wildman–Crippen MR) is 112 cm³/mol. The number of nitrogens with one attached hydrogen (secondary N) is 2. The normalized spacial score (nSPS) is 15.1. The summed E-state index contributed by atoms with van der Waals surface area (Å²) in [6, 6.07) is 8.39. The average molecular weight is 460 g/mol. The molecular formula is C18H19Cl2N3O5S. The summed E-state index contributed by atoms with van der Waals surface area (Å²) in [6.45, 7) is 1.15. The zero-order valence-electron chi connectivity index (χ0n) is 15.2. The van der Waals surface area contributed by atoms with Gasteiger partial charge in [-0.2, -0.15) is 0 Å². The monoisotopic (exact) mass is 459 g/mol. The van der Waals surface area contributed by atoms with E-state index in [4.69, 9.17) is 32.7 Å². The zero-order chi connectivity index (χ0) is 20.8. The Balaban J connectivity index is 1.45. The van der Waals surface area contributed by atoms with Crippen LogP contribution in [0.15, 0.2) is 30.3 Å². The molecule has 2 amide bonds. The molecule has 1 saturated heterocycles. The number of hydrogen-bond donors (Lipinski definition) is 3. The Morgan fingerprint density at radius 3 is 2.83 bits per heavy atom. The number of ether oxygens (including phenoxy) is 2. The summed E-state index contributed by atoms with van der Waals surface area (Å²) >= 11 is 13.2. The number of hydrogen-bond acceptors (Lipinski definition) is 7. The maximum Gasteiger partial charge on any atom is 0.413 e. The fourth-order valence-electron chi connectivity index (χ4n) is 2.59. The summed E-state index contributed by atoms with van der Waals surface area (Å²) in [5.41, 5.74) is 1.29. The third-order valence-electron chi connectivity index (χ3n) is 4.00. The fourth-order valence-corrected chi connectivity index (χ4v) is 3.70. The number of halogens is 2. The lowest BCUT2D eigenvalue weighted by Crippen LogP contribution is -2.41. The van der Waals surface area contributed by atoms with Crippen molar-refractivity contribution in [2.75, 3.05) is 43.1 Å². The Hall–Kier alpha value is -2.04. The number of aliphatic hydroxyl groups excluding tert-OH is 1. The summed E-state index contributed by atoms with van der Waals surface area (Å²) in [4.78, 5) is 25.2. The van der Waals surface area contributed by atoms with Gasteiger partial charge in [-0.15, -0.1) is 0 Å². The molecule has 0 saturated carbocycles. The van der Waals surface area contributed by atoms with Gasteiger partial charge in [0.1, 0.15) is 6.61 Å². The number of aliphatic hydroxyl groups is 1. The van der Waals surface area contributed by atoms with Crippen LogP contribution in [-0.4, -0.2) is 56.1 Å². The molecule has 1 atom stereocenters. The summed E-state index contributed by atoms with van der Waals surface area (Å²) in [5, 5.41) is 16.3. The van der Waals surface area contributed by atoms with Crippen molar-refractivity contribution < 1.29 is 24.2 Å². The van der Waals surface area contributed by atoms with Gasteiger partial charge in [-0.1, -0.05) is 34.5 Å². The molecule has 11 heteroatoms. The van der Waals surface area contributed by atoms with Crippen molar-refractivity contribution in [1.29, 1.82) is 0 Å². The molecule has 2 heterocycles. The van der Waals surface area contributed by atoms with Crippen molar-refractivity contribution in [3.05, 3.63) is 39.7 Å². The Bertz CT molecular complexity index is 879. The van der Waals surface area contributed by atoms with Gasteiger partial charge in [0.2, 0.25) is 0 Å². The molecule has 1 aromatic carbocycles. The van der Waals surface area contributed by atoms with Crippen LogP contribution in [0.4, 0.5) is 16.2 Å². The quantitative estimate of drug-likeness (QED) is 0.588. The molecule has 3 rings (SSSR count). The van der Waals surface area contributed by atoms with Crippen molar-refractivity contribution in [2.45, 2.75) is 6.10 Å². The van der Waals surface area contributed by atoms with E-state index in [1.807, 2.05) is 0 Å². The van der Waals surface area contributed by atoms with E-state index in [1.54, 1.807) is 35.2 Å². The van der Waals surface area contributed by atoms with E-state index in [9.17, 15) is 14.7 Å². The number of benzene rings is 1. The largest absolute Gasteiger partial charge is 0.413 e. The van der Waals surface area contributed by atoms with Gasteiger partial charge >= 0.3 is 6.09 Å². The molecule has 3 N–H and O–H groups in total. The number of carbonyl (C=O) groups is 2. The second-order valence-corrected chi connectivity index (χ2v) is 8.21. The van der Waals surface area contributed by atoms with Crippen molar-refractivity contribution in [3.8, 4) is 5.06 Å². The highest BCUT2D eigenvalue weighted by molar-refractivity contribution is 7.17. The van der Waals surface area contributed by atoms with E-state index in [-0.39, 0.29) is 25.6 Å². The van der Waals surface area contributed by atoms with Gasteiger partial charge in [0.05, 0.1) is 27.8 Å². The number of nitrogens with zero attached hydrogens (tertiary/aromatic N) is 1. The van der Waals surface area contributed by atoms with Gasteiger partial charge in [-0.3, -0.25) is 4.79 Å². The minimum absolute atomic E-state index is 0.0110. The topological polar surface area (TPSA) is 100 Å². The van der Waals surface area contributed by atoms with Gasteiger partial charge in [-0.05, 0) is 30.3 Å². The molecule has 1 fully saturated rings. The number of thiophene rings is 1. The molecule has 2 aromatic rings. The van der Waals surface area contributed by atoms with E-state index >= 15 is 0 Å². The van der Waals surface area contributed by atoms with Crippen molar-refractivity contribution >= 4 is 57.9 Å². The SMILES string of the molecule is O=C(NC[C@H](O)CNc1ccc(N2CCOCC2=O)cc1Cl)Oc1ccc(Cl)s1. The minimum Gasteiger partial charge on any atom is -0.399 e. The highest BCUT2D eigenvalue weighted by atomic mass is 35.5. The second-order valence-electron chi connectivity index (χ2n) is 6.13. The van der Waals surface area contributed by atoms with Gasteiger partial charge < -0.3 is 30.1 Å². The number of anilines is 2. The minimum atomic E-state index is -0.869. The first-order valence-corrected chi connectivity index (χ1v) is 10.3. The van der Waals surface area contributed by atoms with Gasteiger partial charge in [-0.25, -0.2) is 4.79 Å². The summed E-state index contributed by atoms with van der Waals surface area (Å²) in [7, 11) is 0. The molecule has 1 aromatic heterocycles. The summed E-state index contributed by atoms with van der Waals surface area (Å²) in [6.07, 6.45) is -1.55. The van der Waals surface area contributed by atoms with Gasteiger partial charge in [0.25, 0.3) is 5.91 Å². The van der Waals surface area contributed by atoms with Crippen molar-refractivity contribution in [3.63, 3.8) is 0 Å². The van der Waals surface area contributed by atoms with E-state index in [2.05, 4.69) is 10.6 Å². The first-order chi connectivity index (χ1) is 13.9. The fraction of sp³-hybridized carbons (Fsp3) is 0.333. The van der Waals surface area contributed by atoms with Crippen LogP contribution >= 0.6 is 34.5 Å². The number of carbonyl (C=O) groups excluding carboxylic acids is 2. The van der Waals surface area contributed by atoms with Gasteiger partial charge in [0, 0.05) is 25.3 Å². The first kappa shape index (κ1) is 21.7. The van der Waals surface area contributed by atoms with Crippen LogP contribution < -0.4 is 20.3 Å². The number of rotatable bonds is 7. The lowest BCUT2D eigenvalue weighted by atomic mass is 10.2. The van der Waals surface area contributed by atoms with Crippen LogP contribution in [0.2, 0.25) is 9.36 Å². The van der Waals surface area contributed by atoms with Crippen LogP contribution in [0, 0.1) is 0 Å². The van der Waals surface area contributed by atoms with Crippen LogP contribution in [0.3, 0.4) is 0 Å². The Morgan fingerprint density at radius 2 is 2.14 bits per heavy atom. The highest BCUT2D eigenvalue weighted by Gasteiger charge is 2.21. The molecule has 29 heavy (non-hydrogen) atoms. The highest BCUT2D eigenvalue weighted by Crippen LogP contribution is 2.29. The standard InChI is InChI=1S/C18H19Cl2N3O5S/c19-13-7-11(23-5-6-27-10-16(23)25)1-2-14(13)21-8-12(24)9-22-18(26)28-17-4-3-15(20)29-17/h1-4,7,12,21,24H,5-6,8-10H2,(H,22,26)/t12-/m1/s1. The van der Waals surface area contributed by atoms with E-state index in [0.717, 1.165) is 11.3 Å². The van der Waals surface area contributed by atoms with Crippen molar-refractivity contribution in [1.82, 2.24) is 5.32 Å². The summed E-state index contributed by atoms with van der Waals surface area (Å²) in [5.74, 6) is -0.119. The van der Waals surface area contributed by atoms with Crippen LogP contribution in [0.5, 0.6) is 5.06 Å². The third kappa shape index (κ3) is 6.22. The smallest absolute Gasteiger partial charge is 0.399 e. The van der Waals surface area contributed by atoms with Gasteiger partial charge in [0.15, 0.2) is 5.06 Å². The second kappa shape index (κ2) is 10.1. The lowest BCUT2D eigenvalue weighted by Gasteiger charge is -2.27. The Morgan fingerprint density at radius 1 is 1.31 bits per heavy atom. The molecule has 0 spiro atoms. The predicted octanol–water partition coefficient (Wildman–Crippen LogP) is 2.98. The zero-order valence-corrected chi connectivity index (χ0v) is 17.5. The first-order valence-electron chi connectivity index (χ1n) is 8.73. The third-order valence-corrected chi connectivity index (χ3v) is 5.42. The molecule has 1 aliphatic rings. The van der Waals surface area contributed by atoms with Crippen LogP contribution in [-0.2, 0) is 9.53 Å². The summed E-state index contributed by atoms with van der Waals surface area (Å²) < 4.78 is 10.7. The molecule has 0 unspecified atom stereocenters. The number of morpholine rings is 1. The Kier molecular flexibility index (Phi) is 7.57. The molecule has 8 nitrogen and oxygen atoms in total. The van der Waals surface area contributed by atoms with E-state index in [1.165, 1.54) is 0 Å². The Labute approximate surface area is 181 Å². The molecule has 0 aliphatic carbocycles. The molecule has 0 bridgehead atoms. The maximum absolute atomic E-state index is 11.9. The average Bonchev–Trinajstić information content (AvgIpc) is 3.10. The van der Waals surface area contributed by atoms with Crippen LogP contribution in [0.1, 0.15) is 0 Å². The maximum atomic E-state index is 11.9. The van der Waals surface area contributed by atoms with Crippen LogP contribution in [0.25, 0.3) is 0 Å². The number of amides is 2. The van der Waals surface area contributed by atoms with E-state index < -0.39 is 12.2 Å². The van der Waals surface area contributed by atoms with Crippen molar-refractivity contribution in [2.24, 2.45) is 0 Å². The lowest BCUT2D eigenvalue weighted by molar-refractivity contribution is -0.125. The molecular weight excluding hydrogens is 441 g/mol.